The molecule has 1 heterocycles. The number of benzene rings is 1. The fraction of sp³-hybridized carbons (Fsp3) is 0.417. The van der Waals surface area contributed by atoms with Gasteiger partial charge < -0.3 is 14.6 Å². The van der Waals surface area contributed by atoms with E-state index in [4.69, 9.17) is 14.6 Å². The second-order valence-electron chi connectivity index (χ2n) is 3.64. The lowest BCUT2D eigenvalue weighted by Gasteiger charge is -2.13. The van der Waals surface area contributed by atoms with Gasteiger partial charge in [-0.2, -0.15) is 0 Å². The lowest BCUT2D eigenvalue weighted by Crippen LogP contribution is -2.15. The van der Waals surface area contributed by atoms with E-state index in [-0.39, 0.29) is 0 Å². The molecule has 1 atom stereocenters. The Morgan fingerprint density at radius 2 is 2.44 bits per heavy atom. The molecule has 0 fully saturated rings. The van der Waals surface area contributed by atoms with Gasteiger partial charge in [0.2, 0.25) is 0 Å². The molecule has 1 unspecified atom stereocenters. The predicted molar refractivity (Wildman–Crippen MR) is 57.6 cm³/mol. The highest BCUT2D eigenvalue weighted by Gasteiger charge is 2.22. The number of carboxylic acid groups (broad SMARTS) is 1. The SMILES string of the molecule is CCOC(C(=O)O)c1ccc2c(c1)CCO2. The van der Waals surface area contributed by atoms with Crippen LogP contribution in [0.2, 0.25) is 0 Å². The van der Waals surface area contributed by atoms with E-state index in [0.29, 0.717) is 18.8 Å². The van der Waals surface area contributed by atoms with E-state index in [2.05, 4.69) is 0 Å². The van der Waals surface area contributed by atoms with E-state index in [9.17, 15) is 4.79 Å². The predicted octanol–water partition coefficient (Wildman–Crippen LogP) is 1.78. The van der Waals surface area contributed by atoms with Crippen molar-refractivity contribution in [2.45, 2.75) is 19.4 Å². The zero-order chi connectivity index (χ0) is 11.5. The second kappa shape index (κ2) is 4.53. The van der Waals surface area contributed by atoms with Crippen molar-refractivity contribution in [2.24, 2.45) is 0 Å². The highest BCUT2D eigenvalue weighted by molar-refractivity contribution is 5.74. The molecule has 2 rings (SSSR count). The monoisotopic (exact) mass is 222 g/mol. The second-order valence-corrected chi connectivity index (χ2v) is 3.64. The quantitative estimate of drug-likeness (QED) is 0.843. The molecule has 0 radical (unpaired) electrons. The molecule has 1 aliphatic heterocycles. The van der Waals surface area contributed by atoms with Crippen LogP contribution in [0.4, 0.5) is 0 Å². The standard InChI is InChI=1S/C12H14O4/c1-2-15-11(12(13)14)9-3-4-10-8(7-9)5-6-16-10/h3-4,7,11H,2,5-6H2,1H3,(H,13,14). The molecule has 4 heteroatoms. The zero-order valence-corrected chi connectivity index (χ0v) is 9.10. The normalized spacial score (nSPS) is 15.3. The third-order valence-electron chi connectivity index (χ3n) is 2.57. The van der Waals surface area contributed by atoms with Crippen LogP contribution in [0.25, 0.3) is 0 Å². The largest absolute Gasteiger partial charge is 0.493 e. The van der Waals surface area contributed by atoms with Crippen molar-refractivity contribution in [3.8, 4) is 5.75 Å². The first-order chi connectivity index (χ1) is 7.72. The van der Waals surface area contributed by atoms with Crippen LogP contribution in [0.3, 0.4) is 0 Å². The summed E-state index contributed by atoms with van der Waals surface area (Å²) in [6, 6.07) is 5.42. The average molecular weight is 222 g/mol. The summed E-state index contributed by atoms with van der Waals surface area (Å²) in [6.07, 6.45) is -0.0438. The molecule has 0 aliphatic carbocycles. The molecule has 0 spiro atoms. The Bertz CT molecular complexity index is 400. The van der Waals surface area contributed by atoms with Crippen LogP contribution >= 0.6 is 0 Å². The first kappa shape index (κ1) is 11.0. The maximum absolute atomic E-state index is 11.0. The zero-order valence-electron chi connectivity index (χ0n) is 9.10. The molecule has 0 bridgehead atoms. The summed E-state index contributed by atoms with van der Waals surface area (Å²) >= 11 is 0. The van der Waals surface area contributed by atoms with Crippen LogP contribution in [0.15, 0.2) is 18.2 Å². The van der Waals surface area contributed by atoms with Crippen molar-refractivity contribution in [1.29, 1.82) is 0 Å². The Kier molecular flexibility index (Phi) is 3.10. The smallest absolute Gasteiger partial charge is 0.337 e. The Morgan fingerprint density at radius 3 is 3.12 bits per heavy atom. The minimum Gasteiger partial charge on any atom is -0.493 e. The van der Waals surface area contributed by atoms with Crippen LogP contribution in [0.5, 0.6) is 5.75 Å². The van der Waals surface area contributed by atoms with E-state index in [1.54, 1.807) is 13.0 Å². The molecule has 0 saturated carbocycles. The Balaban J connectivity index is 2.28. The van der Waals surface area contributed by atoms with E-state index in [1.165, 1.54) is 0 Å². The van der Waals surface area contributed by atoms with Crippen molar-refractivity contribution in [3.05, 3.63) is 29.3 Å². The van der Waals surface area contributed by atoms with Crippen molar-refractivity contribution in [2.75, 3.05) is 13.2 Å². The summed E-state index contributed by atoms with van der Waals surface area (Å²) < 4.78 is 10.6. The first-order valence-electron chi connectivity index (χ1n) is 5.32. The number of carboxylic acids is 1. The van der Waals surface area contributed by atoms with Crippen LogP contribution in [0.1, 0.15) is 24.2 Å². The molecule has 1 aliphatic rings. The van der Waals surface area contributed by atoms with Gasteiger partial charge in [-0.25, -0.2) is 4.79 Å². The summed E-state index contributed by atoms with van der Waals surface area (Å²) in [5.74, 6) is -0.106. The van der Waals surface area contributed by atoms with Gasteiger partial charge in [-0.1, -0.05) is 6.07 Å². The molecule has 0 amide bonds. The number of hydrogen-bond donors (Lipinski definition) is 1. The fourth-order valence-electron chi connectivity index (χ4n) is 1.85. The molecule has 1 N–H and O–H groups in total. The van der Waals surface area contributed by atoms with Crippen molar-refractivity contribution < 1.29 is 19.4 Å². The topological polar surface area (TPSA) is 55.8 Å². The minimum atomic E-state index is -0.958. The number of rotatable bonds is 4. The Labute approximate surface area is 93.8 Å². The Morgan fingerprint density at radius 1 is 1.62 bits per heavy atom. The molecule has 0 aromatic heterocycles. The number of ether oxygens (including phenoxy) is 2. The van der Waals surface area contributed by atoms with Gasteiger partial charge in [0.25, 0.3) is 0 Å². The summed E-state index contributed by atoms with van der Waals surface area (Å²) in [7, 11) is 0. The van der Waals surface area contributed by atoms with Gasteiger partial charge in [-0.3, -0.25) is 0 Å². The number of fused-ring (bicyclic) bond motifs is 1. The Hall–Kier alpha value is -1.55. The van der Waals surface area contributed by atoms with E-state index in [0.717, 1.165) is 17.7 Å². The molecule has 86 valence electrons. The maximum Gasteiger partial charge on any atom is 0.337 e. The average Bonchev–Trinajstić information content (AvgIpc) is 2.72. The van der Waals surface area contributed by atoms with E-state index < -0.39 is 12.1 Å². The van der Waals surface area contributed by atoms with Gasteiger partial charge in [0.15, 0.2) is 6.10 Å². The maximum atomic E-state index is 11.0. The third kappa shape index (κ3) is 2.02. The first-order valence-corrected chi connectivity index (χ1v) is 5.32. The van der Waals surface area contributed by atoms with Crippen molar-refractivity contribution >= 4 is 5.97 Å². The van der Waals surface area contributed by atoms with Gasteiger partial charge in [0.05, 0.1) is 6.61 Å². The summed E-state index contributed by atoms with van der Waals surface area (Å²) in [5.41, 5.74) is 1.74. The van der Waals surface area contributed by atoms with Crippen molar-refractivity contribution in [1.82, 2.24) is 0 Å². The highest BCUT2D eigenvalue weighted by atomic mass is 16.5. The van der Waals surface area contributed by atoms with Gasteiger partial charge in [-0.05, 0) is 30.2 Å². The summed E-state index contributed by atoms with van der Waals surface area (Å²) in [5, 5.41) is 9.05. The van der Waals surface area contributed by atoms with E-state index in [1.807, 2.05) is 12.1 Å². The van der Waals surface area contributed by atoms with Crippen molar-refractivity contribution in [3.63, 3.8) is 0 Å². The molecule has 1 aromatic rings. The molecule has 4 nitrogen and oxygen atoms in total. The fourth-order valence-corrected chi connectivity index (χ4v) is 1.85. The van der Waals surface area contributed by atoms with Crippen LogP contribution in [0, 0.1) is 0 Å². The van der Waals surface area contributed by atoms with Crippen LogP contribution < -0.4 is 4.74 Å². The summed E-state index contributed by atoms with van der Waals surface area (Å²) in [4.78, 5) is 11.0. The highest BCUT2D eigenvalue weighted by Crippen LogP contribution is 2.29. The number of hydrogen-bond acceptors (Lipinski definition) is 3. The van der Waals surface area contributed by atoms with E-state index >= 15 is 0 Å². The molecule has 1 aromatic carbocycles. The summed E-state index contributed by atoms with van der Waals surface area (Å²) in [6.45, 7) is 2.84. The molecule has 0 saturated heterocycles. The molecular formula is C12H14O4. The molecule has 16 heavy (non-hydrogen) atoms. The third-order valence-corrected chi connectivity index (χ3v) is 2.57. The number of carbonyl (C=O) groups is 1. The lowest BCUT2D eigenvalue weighted by atomic mass is 10.0. The van der Waals surface area contributed by atoms with Gasteiger partial charge in [-0.15, -0.1) is 0 Å². The minimum absolute atomic E-state index is 0.380. The number of aliphatic carboxylic acids is 1. The van der Waals surface area contributed by atoms with Crippen LogP contribution in [-0.4, -0.2) is 24.3 Å². The molecular weight excluding hydrogens is 208 g/mol. The van der Waals surface area contributed by atoms with Crippen LogP contribution in [-0.2, 0) is 16.0 Å². The lowest BCUT2D eigenvalue weighted by molar-refractivity contribution is -0.150. The van der Waals surface area contributed by atoms with Gasteiger partial charge >= 0.3 is 5.97 Å². The van der Waals surface area contributed by atoms with Gasteiger partial charge in [0, 0.05) is 13.0 Å². The van der Waals surface area contributed by atoms with Gasteiger partial charge in [0.1, 0.15) is 5.75 Å².